The number of fused-ring (bicyclic) bond motifs is 1. The van der Waals surface area contributed by atoms with Crippen LogP contribution in [0, 0.1) is 11.3 Å². The molecular formula is C25H19N3O2. The van der Waals surface area contributed by atoms with Gasteiger partial charge in [-0.3, -0.25) is 5.32 Å². The largest absolute Gasteiger partial charge is 0.444 e. The summed E-state index contributed by atoms with van der Waals surface area (Å²) < 4.78 is 5.38. The van der Waals surface area contributed by atoms with Gasteiger partial charge in [0.2, 0.25) is 0 Å². The highest BCUT2D eigenvalue weighted by Crippen LogP contribution is 2.40. The standard InChI is InChI=1S/C25H19N3O2/c26-15-19-10-6-12-21(27)23(19)24-20-11-5-4-9-18(20)13-14-22(24)28-25(29)30-16-17-7-2-1-3-8-17/h1-14H,16,27H2,(H,28,29). The predicted molar refractivity (Wildman–Crippen MR) is 119 cm³/mol. The van der Waals surface area contributed by atoms with Crippen LogP contribution >= 0.6 is 0 Å². The Morgan fingerprint density at radius 2 is 1.67 bits per heavy atom. The van der Waals surface area contributed by atoms with Crippen LogP contribution in [-0.4, -0.2) is 6.09 Å². The summed E-state index contributed by atoms with van der Waals surface area (Å²) in [6.07, 6.45) is -0.580. The second-order valence-electron chi connectivity index (χ2n) is 6.78. The molecule has 0 saturated heterocycles. The number of nitrogen functional groups attached to an aromatic ring is 1. The van der Waals surface area contributed by atoms with E-state index in [9.17, 15) is 10.1 Å². The molecule has 0 aliphatic rings. The Bertz CT molecular complexity index is 1260. The van der Waals surface area contributed by atoms with E-state index in [1.165, 1.54) is 0 Å². The molecule has 3 N–H and O–H groups in total. The zero-order valence-electron chi connectivity index (χ0n) is 16.1. The molecule has 1 amide bonds. The molecule has 0 unspecified atom stereocenters. The highest BCUT2D eigenvalue weighted by molar-refractivity contribution is 6.08. The minimum Gasteiger partial charge on any atom is -0.444 e. The van der Waals surface area contributed by atoms with Crippen LogP contribution in [0.2, 0.25) is 0 Å². The van der Waals surface area contributed by atoms with Crippen LogP contribution in [0.3, 0.4) is 0 Å². The summed E-state index contributed by atoms with van der Waals surface area (Å²) in [5.41, 5.74) is 9.87. The predicted octanol–water partition coefficient (Wildman–Crippen LogP) is 5.71. The quantitative estimate of drug-likeness (QED) is 0.435. The molecule has 0 bridgehead atoms. The van der Waals surface area contributed by atoms with Crippen LogP contribution in [0.5, 0.6) is 0 Å². The molecule has 4 aromatic rings. The molecule has 146 valence electrons. The average Bonchev–Trinajstić information content (AvgIpc) is 2.78. The second kappa shape index (κ2) is 8.38. The zero-order valence-corrected chi connectivity index (χ0v) is 16.1. The normalized spacial score (nSPS) is 10.4. The van der Waals surface area contributed by atoms with E-state index >= 15 is 0 Å². The summed E-state index contributed by atoms with van der Waals surface area (Å²) in [5.74, 6) is 0. The van der Waals surface area contributed by atoms with Gasteiger partial charge in [-0.15, -0.1) is 0 Å². The molecule has 0 heterocycles. The number of carbonyl (C=O) groups excluding carboxylic acids is 1. The molecule has 0 aromatic heterocycles. The van der Waals surface area contributed by atoms with Crippen molar-refractivity contribution in [3.05, 3.63) is 96.1 Å². The number of nitrogens with two attached hydrogens (primary N) is 1. The van der Waals surface area contributed by atoms with Crippen LogP contribution in [-0.2, 0) is 11.3 Å². The molecule has 5 nitrogen and oxygen atoms in total. The summed E-state index contributed by atoms with van der Waals surface area (Å²) in [7, 11) is 0. The van der Waals surface area contributed by atoms with Gasteiger partial charge in [0.25, 0.3) is 0 Å². The number of anilines is 2. The molecule has 0 saturated carbocycles. The molecule has 0 spiro atoms. The van der Waals surface area contributed by atoms with Crippen molar-refractivity contribution in [3.63, 3.8) is 0 Å². The number of nitriles is 1. The van der Waals surface area contributed by atoms with Gasteiger partial charge >= 0.3 is 6.09 Å². The van der Waals surface area contributed by atoms with E-state index in [-0.39, 0.29) is 6.61 Å². The first kappa shape index (κ1) is 19.0. The van der Waals surface area contributed by atoms with Crippen molar-refractivity contribution < 1.29 is 9.53 Å². The summed E-state index contributed by atoms with van der Waals surface area (Å²) in [5, 5.41) is 14.3. The van der Waals surface area contributed by atoms with E-state index in [2.05, 4.69) is 11.4 Å². The smallest absolute Gasteiger partial charge is 0.411 e. The maximum absolute atomic E-state index is 12.5. The number of hydrogen-bond donors (Lipinski definition) is 2. The number of benzene rings is 4. The van der Waals surface area contributed by atoms with Crippen molar-refractivity contribution in [2.45, 2.75) is 6.61 Å². The molecular weight excluding hydrogens is 374 g/mol. The topological polar surface area (TPSA) is 88.1 Å². The SMILES string of the molecule is N#Cc1cccc(N)c1-c1c(NC(=O)OCc2ccccc2)ccc2ccccc12. The third-order valence-corrected chi connectivity index (χ3v) is 4.85. The van der Waals surface area contributed by atoms with Gasteiger partial charge in [0.15, 0.2) is 0 Å². The number of hydrogen-bond acceptors (Lipinski definition) is 4. The highest BCUT2D eigenvalue weighted by atomic mass is 16.5. The van der Waals surface area contributed by atoms with Crippen LogP contribution in [0.4, 0.5) is 16.2 Å². The van der Waals surface area contributed by atoms with Gasteiger partial charge in [0.05, 0.1) is 17.3 Å². The Labute approximate surface area is 174 Å². The van der Waals surface area contributed by atoms with E-state index < -0.39 is 6.09 Å². The van der Waals surface area contributed by atoms with Gasteiger partial charge in [-0.25, -0.2) is 4.79 Å². The maximum atomic E-state index is 12.5. The van der Waals surface area contributed by atoms with Crippen molar-refractivity contribution >= 4 is 28.2 Å². The van der Waals surface area contributed by atoms with Crippen molar-refractivity contribution in [2.24, 2.45) is 0 Å². The molecule has 0 radical (unpaired) electrons. The Morgan fingerprint density at radius 1 is 0.900 bits per heavy atom. The van der Waals surface area contributed by atoms with Gasteiger partial charge in [0, 0.05) is 16.8 Å². The van der Waals surface area contributed by atoms with E-state index in [0.717, 1.165) is 16.3 Å². The molecule has 0 atom stereocenters. The fourth-order valence-corrected chi connectivity index (χ4v) is 3.46. The lowest BCUT2D eigenvalue weighted by Crippen LogP contribution is -2.14. The molecule has 0 fully saturated rings. The molecule has 5 heteroatoms. The lowest BCUT2D eigenvalue weighted by Gasteiger charge is -2.17. The van der Waals surface area contributed by atoms with Crippen molar-refractivity contribution in [3.8, 4) is 17.2 Å². The Hall–Kier alpha value is -4.30. The number of amides is 1. The Morgan fingerprint density at radius 3 is 2.47 bits per heavy atom. The molecule has 4 aromatic carbocycles. The minimum absolute atomic E-state index is 0.159. The fraction of sp³-hybridized carbons (Fsp3) is 0.0400. The van der Waals surface area contributed by atoms with Gasteiger partial charge in [-0.2, -0.15) is 5.26 Å². The maximum Gasteiger partial charge on any atom is 0.411 e. The van der Waals surface area contributed by atoms with Gasteiger partial charge in [-0.05, 0) is 34.5 Å². The van der Waals surface area contributed by atoms with Gasteiger partial charge in [-0.1, -0.05) is 66.7 Å². The monoisotopic (exact) mass is 393 g/mol. The van der Waals surface area contributed by atoms with Crippen molar-refractivity contribution in [1.29, 1.82) is 5.26 Å². The van der Waals surface area contributed by atoms with E-state index in [0.29, 0.717) is 28.1 Å². The number of rotatable bonds is 4. The number of ether oxygens (including phenoxy) is 1. The lowest BCUT2D eigenvalue weighted by molar-refractivity contribution is 0.155. The van der Waals surface area contributed by atoms with Crippen LogP contribution in [0.1, 0.15) is 11.1 Å². The third kappa shape index (κ3) is 3.80. The molecule has 30 heavy (non-hydrogen) atoms. The second-order valence-corrected chi connectivity index (χ2v) is 6.78. The van der Waals surface area contributed by atoms with Gasteiger partial charge < -0.3 is 10.5 Å². The number of nitrogens with zero attached hydrogens (tertiary/aromatic N) is 1. The summed E-state index contributed by atoms with van der Waals surface area (Å²) in [4.78, 5) is 12.5. The van der Waals surface area contributed by atoms with E-state index in [4.69, 9.17) is 10.5 Å². The third-order valence-electron chi connectivity index (χ3n) is 4.85. The first-order valence-electron chi connectivity index (χ1n) is 9.46. The van der Waals surface area contributed by atoms with Crippen molar-refractivity contribution in [2.75, 3.05) is 11.1 Å². The molecule has 0 aliphatic carbocycles. The summed E-state index contributed by atoms with van der Waals surface area (Å²) in [6.45, 7) is 0.159. The summed E-state index contributed by atoms with van der Waals surface area (Å²) >= 11 is 0. The highest BCUT2D eigenvalue weighted by Gasteiger charge is 2.18. The van der Waals surface area contributed by atoms with Crippen LogP contribution in [0.15, 0.2) is 84.9 Å². The lowest BCUT2D eigenvalue weighted by atomic mass is 9.92. The first-order valence-corrected chi connectivity index (χ1v) is 9.46. The van der Waals surface area contributed by atoms with E-state index in [1.807, 2.05) is 60.7 Å². The summed E-state index contributed by atoms with van der Waals surface area (Å²) in [6, 6.07) is 28.3. The molecule has 4 rings (SSSR count). The number of carbonyl (C=O) groups is 1. The minimum atomic E-state index is -0.580. The Balaban J connectivity index is 1.75. The van der Waals surface area contributed by atoms with Crippen LogP contribution in [0.25, 0.3) is 21.9 Å². The van der Waals surface area contributed by atoms with Gasteiger partial charge in [0.1, 0.15) is 6.61 Å². The first-order chi connectivity index (χ1) is 14.7. The number of nitrogens with one attached hydrogen (secondary N) is 1. The van der Waals surface area contributed by atoms with E-state index in [1.54, 1.807) is 24.3 Å². The molecule has 0 aliphatic heterocycles. The van der Waals surface area contributed by atoms with Crippen LogP contribution < -0.4 is 11.1 Å². The zero-order chi connectivity index (χ0) is 20.9. The average molecular weight is 393 g/mol. The Kier molecular flexibility index (Phi) is 5.31. The van der Waals surface area contributed by atoms with Crippen molar-refractivity contribution in [1.82, 2.24) is 0 Å². The fourth-order valence-electron chi connectivity index (χ4n) is 3.46.